The molecule has 0 radical (unpaired) electrons. The van der Waals surface area contributed by atoms with Crippen LogP contribution in [0.25, 0.3) is 0 Å². The number of nitrogens with two attached hydrogens (primary N) is 1. The first-order chi connectivity index (χ1) is 10.0. The van der Waals surface area contributed by atoms with Crippen molar-refractivity contribution in [2.75, 3.05) is 18.2 Å². The Labute approximate surface area is 121 Å². The number of halogens is 1. The zero-order chi connectivity index (χ0) is 15.4. The predicted molar refractivity (Wildman–Crippen MR) is 78.2 cm³/mol. The summed E-state index contributed by atoms with van der Waals surface area (Å²) >= 11 is 0. The van der Waals surface area contributed by atoms with E-state index in [4.69, 9.17) is 15.2 Å². The SMILES string of the molecule is COc1cc(Oc2ccccc2NC(C)=O)c(N)cc1F. The molecule has 6 heteroatoms. The number of benzene rings is 2. The monoisotopic (exact) mass is 290 g/mol. The quantitative estimate of drug-likeness (QED) is 0.848. The number of para-hydroxylation sites is 2. The minimum atomic E-state index is -0.572. The predicted octanol–water partition coefficient (Wildman–Crippen LogP) is 3.17. The van der Waals surface area contributed by atoms with Gasteiger partial charge in [-0.1, -0.05) is 12.1 Å². The maximum Gasteiger partial charge on any atom is 0.221 e. The molecule has 0 spiro atoms. The Morgan fingerprint density at radius 3 is 2.57 bits per heavy atom. The largest absolute Gasteiger partial charge is 0.494 e. The van der Waals surface area contributed by atoms with Gasteiger partial charge in [0.2, 0.25) is 5.91 Å². The fourth-order valence-corrected chi connectivity index (χ4v) is 1.76. The summed E-state index contributed by atoms with van der Waals surface area (Å²) in [7, 11) is 1.35. The molecule has 110 valence electrons. The first kappa shape index (κ1) is 14.6. The van der Waals surface area contributed by atoms with Gasteiger partial charge in [0.15, 0.2) is 23.1 Å². The number of hydrogen-bond acceptors (Lipinski definition) is 4. The number of amides is 1. The number of nitrogen functional groups attached to an aromatic ring is 1. The van der Waals surface area contributed by atoms with Crippen LogP contribution in [0.1, 0.15) is 6.92 Å². The molecular formula is C15H15FN2O3. The van der Waals surface area contributed by atoms with Crippen molar-refractivity contribution in [3.8, 4) is 17.2 Å². The van der Waals surface area contributed by atoms with Gasteiger partial charge in [-0.2, -0.15) is 0 Å². The van der Waals surface area contributed by atoms with E-state index in [9.17, 15) is 9.18 Å². The summed E-state index contributed by atoms with van der Waals surface area (Å²) in [5.41, 5.74) is 6.36. The van der Waals surface area contributed by atoms with E-state index in [1.165, 1.54) is 20.1 Å². The summed E-state index contributed by atoms with van der Waals surface area (Å²) in [4.78, 5) is 11.2. The Hall–Kier alpha value is -2.76. The highest BCUT2D eigenvalue weighted by Gasteiger charge is 2.12. The lowest BCUT2D eigenvalue weighted by Crippen LogP contribution is -2.07. The second kappa shape index (κ2) is 6.13. The second-order valence-electron chi connectivity index (χ2n) is 4.30. The minimum absolute atomic E-state index is 0.0243. The van der Waals surface area contributed by atoms with Crippen LogP contribution < -0.4 is 20.5 Å². The normalized spacial score (nSPS) is 10.0. The fraction of sp³-hybridized carbons (Fsp3) is 0.133. The van der Waals surface area contributed by atoms with Gasteiger partial charge < -0.3 is 20.5 Å². The average molecular weight is 290 g/mol. The van der Waals surface area contributed by atoms with Crippen molar-refractivity contribution < 1.29 is 18.7 Å². The molecule has 2 aromatic carbocycles. The number of methoxy groups -OCH3 is 1. The molecule has 3 N–H and O–H groups in total. The van der Waals surface area contributed by atoms with Crippen LogP contribution in [0.15, 0.2) is 36.4 Å². The molecule has 0 fully saturated rings. The molecule has 0 bridgehead atoms. The molecule has 0 unspecified atom stereocenters. The molecule has 0 aliphatic heterocycles. The highest BCUT2D eigenvalue weighted by Crippen LogP contribution is 2.36. The van der Waals surface area contributed by atoms with Crippen molar-refractivity contribution >= 4 is 17.3 Å². The van der Waals surface area contributed by atoms with Crippen LogP contribution >= 0.6 is 0 Å². The third kappa shape index (κ3) is 3.42. The van der Waals surface area contributed by atoms with Crippen molar-refractivity contribution in [3.05, 3.63) is 42.2 Å². The molecule has 1 amide bonds. The summed E-state index contributed by atoms with van der Waals surface area (Å²) in [6.07, 6.45) is 0. The van der Waals surface area contributed by atoms with E-state index in [1.807, 2.05) is 0 Å². The van der Waals surface area contributed by atoms with Crippen LogP contribution in [0.2, 0.25) is 0 Å². The van der Waals surface area contributed by atoms with E-state index in [0.717, 1.165) is 6.07 Å². The van der Waals surface area contributed by atoms with Crippen molar-refractivity contribution in [2.24, 2.45) is 0 Å². The molecular weight excluding hydrogens is 275 g/mol. The minimum Gasteiger partial charge on any atom is -0.494 e. The van der Waals surface area contributed by atoms with Crippen LogP contribution in [0.4, 0.5) is 15.8 Å². The number of anilines is 2. The molecule has 2 aromatic rings. The molecule has 0 saturated carbocycles. The number of ether oxygens (including phenoxy) is 2. The van der Waals surface area contributed by atoms with Crippen molar-refractivity contribution in [2.45, 2.75) is 6.92 Å². The zero-order valence-corrected chi connectivity index (χ0v) is 11.6. The first-order valence-electron chi connectivity index (χ1n) is 6.18. The van der Waals surface area contributed by atoms with E-state index < -0.39 is 5.82 Å². The topological polar surface area (TPSA) is 73.6 Å². The standard InChI is InChI=1S/C15H15FN2O3/c1-9(19)18-12-5-3-4-6-13(12)21-15-8-14(20-2)10(16)7-11(15)17/h3-8H,17H2,1-2H3,(H,18,19). The zero-order valence-electron chi connectivity index (χ0n) is 11.6. The van der Waals surface area contributed by atoms with Gasteiger partial charge >= 0.3 is 0 Å². The third-order valence-corrected chi connectivity index (χ3v) is 2.70. The maximum absolute atomic E-state index is 13.5. The van der Waals surface area contributed by atoms with Crippen molar-refractivity contribution in [1.82, 2.24) is 0 Å². The van der Waals surface area contributed by atoms with E-state index in [2.05, 4.69) is 5.32 Å². The first-order valence-corrected chi connectivity index (χ1v) is 6.18. The van der Waals surface area contributed by atoms with Crippen molar-refractivity contribution in [1.29, 1.82) is 0 Å². The van der Waals surface area contributed by atoms with Crippen LogP contribution in [0.5, 0.6) is 17.2 Å². The third-order valence-electron chi connectivity index (χ3n) is 2.70. The molecule has 0 aliphatic rings. The summed E-state index contributed by atoms with van der Waals surface area (Å²) in [6.45, 7) is 1.39. The lowest BCUT2D eigenvalue weighted by molar-refractivity contribution is -0.114. The molecule has 0 aromatic heterocycles. The number of hydrogen-bond donors (Lipinski definition) is 2. The summed E-state index contributed by atoms with van der Waals surface area (Å²) < 4.78 is 24.0. The molecule has 21 heavy (non-hydrogen) atoms. The molecule has 5 nitrogen and oxygen atoms in total. The van der Waals surface area contributed by atoms with Crippen LogP contribution in [-0.2, 0) is 4.79 Å². The lowest BCUT2D eigenvalue weighted by atomic mass is 10.2. The van der Waals surface area contributed by atoms with Crippen LogP contribution in [0, 0.1) is 5.82 Å². The Morgan fingerprint density at radius 1 is 1.19 bits per heavy atom. The van der Waals surface area contributed by atoms with Gasteiger partial charge in [0.05, 0.1) is 18.5 Å². The summed E-state index contributed by atoms with van der Waals surface area (Å²) in [5.74, 6) is -0.136. The van der Waals surface area contributed by atoms with E-state index in [1.54, 1.807) is 24.3 Å². The summed E-state index contributed by atoms with van der Waals surface area (Å²) in [6, 6.07) is 9.34. The number of nitrogens with one attached hydrogen (secondary N) is 1. The second-order valence-corrected chi connectivity index (χ2v) is 4.30. The fourth-order valence-electron chi connectivity index (χ4n) is 1.76. The molecule has 0 heterocycles. The van der Waals surface area contributed by atoms with Gasteiger partial charge in [0, 0.05) is 19.1 Å². The Morgan fingerprint density at radius 2 is 1.90 bits per heavy atom. The van der Waals surface area contributed by atoms with Gasteiger partial charge in [0.25, 0.3) is 0 Å². The molecule has 0 aliphatic carbocycles. The van der Waals surface area contributed by atoms with Crippen LogP contribution in [-0.4, -0.2) is 13.0 Å². The molecule has 0 saturated heterocycles. The van der Waals surface area contributed by atoms with Crippen LogP contribution in [0.3, 0.4) is 0 Å². The van der Waals surface area contributed by atoms with E-state index in [-0.39, 0.29) is 23.1 Å². The lowest BCUT2D eigenvalue weighted by Gasteiger charge is -2.14. The molecule has 0 atom stereocenters. The molecule has 2 rings (SSSR count). The van der Waals surface area contributed by atoms with Gasteiger partial charge in [-0.3, -0.25) is 4.79 Å². The number of carbonyl (C=O) groups is 1. The van der Waals surface area contributed by atoms with Crippen molar-refractivity contribution in [3.63, 3.8) is 0 Å². The van der Waals surface area contributed by atoms with E-state index in [0.29, 0.717) is 11.4 Å². The number of carbonyl (C=O) groups excluding carboxylic acids is 1. The Kier molecular flexibility index (Phi) is 4.27. The maximum atomic E-state index is 13.5. The highest BCUT2D eigenvalue weighted by molar-refractivity contribution is 5.90. The highest BCUT2D eigenvalue weighted by atomic mass is 19.1. The average Bonchev–Trinajstić information content (AvgIpc) is 2.43. The van der Waals surface area contributed by atoms with E-state index >= 15 is 0 Å². The van der Waals surface area contributed by atoms with Gasteiger partial charge in [-0.15, -0.1) is 0 Å². The van der Waals surface area contributed by atoms with Gasteiger partial charge in [0.1, 0.15) is 0 Å². The summed E-state index contributed by atoms with van der Waals surface area (Å²) in [5, 5.41) is 2.64. The Bertz CT molecular complexity index is 674. The van der Waals surface area contributed by atoms with Gasteiger partial charge in [-0.05, 0) is 12.1 Å². The smallest absolute Gasteiger partial charge is 0.221 e. The van der Waals surface area contributed by atoms with Gasteiger partial charge in [-0.25, -0.2) is 4.39 Å². The number of rotatable bonds is 4. The Balaban J connectivity index is 2.36.